The first-order valence-corrected chi connectivity index (χ1v) is 10.2. The standard InChI is InChI=1S/C18H21ClN4O2.C2HF3O2/c19-15-7-22-23(10-15)9-13-1-3-14(4-2-13)17(24)21-8-16-5-6-18(25-16)11-20-12-18;3-2(4,5)1(6)7/h1-4,7,10,16,20H,5-6,8-9,11-12H2,(H,21,24);(H,6,7). The molecule has 1 amide bonds. The molecular formula is C20H22ClF3N4O4. The number of halogens is 4. The largest absolute Gasteiger partial charge is 0.490 e. The maximum Gasteiger partial charge on any atom is 0.490 e. The number of alkyl halides is 3. The van der Waals surface area contributed by atoms with E-state index >= 15 is 0 Å². The lowest BCUT2D eigenvalue weighted by molar-refractivity contribution is -0.192. The molecule has 1 aromatic heterocycles. The number of rotatable bonds is 5. The Morgan fingerprint density at radius 3 is 2.44 bits per heavy atom. The van der Waals surface area contributed by atoms with E-state index in [1.54, 1.807) is 17.1 Å². The van der Waals surface area contributed by atoms with E-state index in [2.05, 4.69) is 15.7 Å². The Kier molecular flexibility index (Phi) is 7.42. The van der Waals surface area contributed by atoms with Gasteiger partial charge >= 0.3 is 12.1 Å². The number of carbonyl (C=O) groups is 2. The van der Waals surface area contributed by atoms with Crippen molar-refractivity contribution < 1.29 is 32.6 Å². The van der Waals surface area contributed by atoms with Crippen molar-refractivity contribution in [2.45, 2.75) is 37.3 Å². The minimum Gasteiger partial charge on any atom is -0.475 e. The normalized spacial score (nSPS) is 19.1. The number of carboxylic acids is 1. The molecule has 3 N–H and O–H groups in total. The lowest BCUT2D eigenvalue weighted by atomic mass is 9.93. The summed E-state index contributed by atoms with van der Waals surface area (Å²) in [6, 6.07) is 7.54. The van der Waals surface area contributed by atoms with E-state index in [-0.39, 0.29) is 17.6 Å². The van der Waals surface area contributed by atoms with E-state index in [0.29, 0.717) is 23.7 Å². The maximum atomic E-state index is 12.3. The molecule has 174 valence electrons. The molecule has 3 heterocycles. The molecule has 2 aromatic rings. The van der Waals surface area contributed by atoms with Crippen LogP contribution in [-0.4, -0.2) is 64.3 Å². The molecule has 2 saturated heterocycles. The predicted molar refractivity (Wildman–Crippen MR) is 109 cm³/mol. The van der Waals surface area contributed by atoms with Crippen molar-refractivity contribution in [2.24, 2.45) is 0 Å². The summed E-state index contributed by atoms with van der Waals surface area (Å²) in [5.41, 5.74) is 1.75. The second-order valence-electron chi connectivity index (χ2n) is 7.63. The number of aliphatic carboxylic acids is 1. The molecular weight excluding hydrogens is 453 g/mol. The Bertz CT molecular complexity index is 945. The van der Waals surface area contributed by atoms with Crippen LogP contribution in [0.5, 0.6) is 0 Å². The SMILES string of the molecule is O=C(NCC1CCC2(CNC2)O1)c1ccc(Cn2cc(Cl)cn2)cc1.O=C(O)C(F)(F)F. The number of aromatic nitrogens is 2. The van der Waals surface area contributed by atoms with Gasteiger partial charge in [-0.25, -0.2) is 4.79 Å². The first-order chi connectivity index (χ1) is 15.1. The number of carboxylic acid groups (broad SMARTS) is 1. The number of hydrogen-bond acceptors (Lipinski definition) is 5. The summed E-state index contributed by atoms with van der Waals surface area (Å²) >= 11 is 5.86. The maximum absolute atomic E-state index is 12.3. The molecule has 12 heteroatoms. The highest BCUT2D eigenvalue weighted by molar-refractivity contribution is 6.30. The van der Waals surface area contributed by atoms with E-state index in [9.17, 15) is 18.0 Å². The highest BCUT2D eigenvalue weighted by Gasteiger charge is 2.44. The van der Waals surface area contributed by atoms with Gasteiger partial charge in [0, 0.05) is 31.4 Å². The van der Waals surface area contributed by atoms with E-state index in [1.165, 1.54) is 0 Å². The first-order valence-electron chi connectivity index (χ1n) is 9.80. The third kappa shape index (κ3) is 6.44. The van der Waals surface area contributed by atoms with Crippen LogP contribution < -0.4 is 10.6 Å². The average molecular weight is 475 g/mol. The van der Waals surface area contributed by atoms with Crippen LogP contribution in [0.1, 0.15) is 28.8 Å². The molecule has 4 rings (SSSR count). The molecule has 2 aliphatic rings. The summed E-state index contributed by atoms with van der Waals surface area (Å²) in [6.45, 7) is 3.05. The van der Waals surface area contributed by atoms with Gasteiger partial charge in [-0.05, 0) is 30.5 Å². The van der Waals surface area contributed by atoms with Crippen molar-refractivity contribution >= 4 is 23.5 Å². The predicted octanol–water partition coefficient (Wildman–Crippen LogP) is 2.47. The molecule has 0 saturated carbocycles. The fourth-order valence-electron chi connectivity index (χ4n) is 3.39. The topological polar surface area (TPSA) is 105 Å². The Labute approximate surface area is 186 Å². The van der Waals surface area contributed by atoms with Gasteiger partial charge in [-0.15, -0.1) is 0 Å². The van der Waals surface area contributed by atoms with Gasteiger partial charge in [-0.2, -0.15) is 18.3 Å². The number of nitrogens with one attached hydrogen (secondary N) is 2. The van der Waals surface area contributed by atoms with Crippen molar-refractivity contribution in [2.75, 3.05) is 19.6 Å². The van der Waals surface area contributed by atoms with E-state index < -0.39 is 12.1 Å². The second kappa shape index (κ2) is 9.88. The third-order valence-electron chi connectivity index (χ3n) is 5.13. The summed E-state index contributed by atoms with van der Waals surface area (Å²) in [7, 11) is 0. The third-order valence-corrected chi connectivity index (χ3v) is 5.32. The molecule has 2 fully saturated rings. The Morgan fingerprint density at radius 1 is 1.31 bits per heavy atom. The second-order valence-corrected chi connectivity index (χ2v) is 8.07. The smallest absolute Gasteiger partial charge is 0.475 e. The highest BCUT2D eigenvalue weighted by Crippen LogP contribution is 2.33. The first kappa shape index (κ1) is 24.0. The highest BCUT2D eigenvalue weighted by atomic mass is 35.5. The van der Waals surface area contributed by atoms with Gasteiger partial charge in [0.25, 0.3) is 5.91 Å². The van der Waals surface area contributed by atoms with E-state index in [1.807, 2.05) is 24.3 Å². The van der Waals surface area contributed by atoms with Crippen molar-refractivity contribution in [3.63, 3.8) is 0 Å². The minimum atomic E-state index is -5.08. The van der Waals surface area contributed by atoms with Crippen LogP contribution in [0.4, 0.5) is 13.2 Å². The fourth-order valence-corrected chi connectivity index (χ4v) is 3.54. The fraction of sp³-hybridized carbons (Fsp3) is 0.450. The zero-order valence-electron chi connectivity index (χ0n) is 16.9. The molecule has 0 bridgehead atoms. The van der Waals surface area contributed by atoms with Gasteiger partial charge in [-0.3, -0.25) is 9.48 Å². The zero-order valence-corrected chi connectivity index (χ0v) is 17.6. The summed E-state index contributed by atoms with van der Waals surface area (Å²) in [5, 5.41) is 18.1. The minimum absolute atomic E-state index is 0.0342. The molecule has 0 aliphatic carbocycles. The van der Waals surface area contributed by atoms with Crippen molar-refractivity contribution in [1.82, 2.24) is 20.4 Å². The van der Waals surface area contributed by atoms with Crippen molar-refractivity contribution in [3.05, 3.63) is 52.8 Å². The van der Waals surface area contributed by atoms with Gasteiger partial charge in [0.15, 0.2) is 0 Å². The van der Waals surface area contributed by atoms with Crippen LogP contribution in [0.3, 0.4) is 0 Å². The Balaban J connectivity index is 0.000000360. The molecule has 1 atom stereocenters. The average Bonchev–Trinajstić information content (AvgIpc) is 3.33. The molecule has 0 radical (unpaired) electrons. The lowest BCUT2D eigenvalue weighted by Gasteiger charge is -2.38. The van der Waals surface area contributed by atoms with Crippen LogP contribution >= 0.6 is 11.6 Å². The van der Waals surface area contributed by atoms with Crippen LogP contribution in [-0.2, 0) is 16.1 Å². The number of benzene rings is 1. The van der Waals surface area contributed by atoms with Crippen molar-refractivity contribution in [1.29, 1.82) is 0 Å². The van der Waals surface area contributed by atoms with Crippen LogP contribution in [0.25, 0.3) is 0 Å². The van der Waals surface area contributed by atoms with Gasteiger partial charge in [0.05, 0.1) is 29.5 Å². The summed E-state index contributed by atoms with van der Waals surface area (Å²) in [5.74, 6) is -2.82. The Hall–Kier alpha value is -2.63. The number of carbonyl (C=O) groups excluding carboxylic acids is 1. The molecule has 32 heavy (non-hydrogen) atoms. The summed E-state index contributed by atoms with van der Waals surface area (Å²) in [4.78, 5) is 21.2. The summed E-state index contributed by atoms with van der Waals surface area (Å²) in [6.07, 6.45) is 0.502. The molecule has 1 spiro atoms. The monoisotopic (exact) mass is 474 g/mol. The van der Waals surface area contributed by atoms with Gasteiger partial charge in [0.1, 0.15) is 0 Å². The Morgan fingerprint density at radius 2 is 1.97 bits per heavy atom. The van der Waals surface area contributed by atoms with Crippen molar-refractivity contribution in [3.8, 4) is 0 Å². The van der Waals surface area contributed by atoms with E-state index in [0.717, 1.165) is 31.5 Å². The van der Waals surface area contributed by atoms with Crippen LogP contribution in [0, 0.1) is 0 Å². The quantitative estimate of drug-likeness (QED) is 0.615. The van der Waals surface area contributed by atoms with Crippen LogP contribution in [0.2, 0.25) is 5.02 Å². The number of ether oxygens (including phenoxy) is 1. The molecule has 1 unspecified atom stereocenters. The number of hydrogen-bond donors (Lipinski definition) is 3. The van der Waals surface area contributed by atoms with E-state index in [4.69, 9.17) is 26.2 Å². The van der Waals surface area contributed by atoms with Gasteiger partial charge < -0.3 is 20.5 Å². The van der Waals surface area contributed by atoms with Crippen LogP contribution in [0.15, 0.2) is 36.7 Å². The number of nitrogens with zero attached hydrogens (tertiary/aromatic N) is 2. The van der Waals surface area contributed by atoms with Gasteiger partial charge in [0.2, 0.25) is 0 Å². The molecule has 8 nitrogen and oxygen atoms in total. The molecule has 2 aliphatic heterocycles. The molecule has 1 aromatic carbocycles. The summed E-state index contributed by atoms with van der Waals surface area (Å²) < 4.78 is 39.6. The number of amides is 1. The van der Waals surface area contributed by atoms with Gasteiger partial charge in [-0.1, -0.05) is 23.7 Å². The zero-order chi connectivity index (χ0) is 23.4. The lowest BCUT2D eigenvalue weighted by Crippen LogP contribution is -2.59.